The maximum atomic E-state index is 9.68. The Morgan fingerprint density at radius 1 is 1.18 bits per heavy atom. The van der Waals surface area contributed by atoms with E-state index in [1.165, 1.54) is 18.3 Å². The van der Waals surface area contributed by atoms with Gasteiger partial charge >= 0.3 is 0 Å². The molecule has 1 aromatic carbocycles. The second-order valence-corrected chi connectivity index (χ2v) is 10.2. The number of rotatable bonds is 7. The average Bonchev–Trinajstić information content (AvgIpc) is 3.51. The number of hydrogen-bond acceptors (Lipinski definition) is 7. The van der Waals surface area contributed by atoms with Crippen molar-refractivity contribution in [2.24, 2.45) is 38.3 Å². The lowest BCUT2D eigenvalue weighted by molar-refractivity contribution is 0.296. The topological polar surface area (TPSA) is 178 Å². The van der Waals surface area contributed by atoms with Crippen LogP contribution in [0, 0.1) is 5.41 Å². The Hall–Kier alpha value is -3.66. The number of phenolic OH excluding ortho intramolecular Hbond substituents is 1. The van der Waals surface area contributed by atoms with Gasteiger partial charge in [0.2, 0.25) is 0 Å². The van der Waals surface area contributed by atoms with Crippen LogP contribution >= 0.6 is 11.6 Å². The summed E-state index contributed by atoms with van der Waals surface area (Å²) in [5, 5.41) is 9.94. The molecule has 2 atom stereocenters. The molecule has 1 saturated carbocycles. The van der Waals surface area contributed by atoms with Gasteiger partial charge in [0.15, 0.2) is 0 Å². The first-order valence-corrected chi connectivity index (χ1v) is 13.4. The molecule has 0 bridgehead atoms. The number of aromatic hydroxyl groups is 1. The Labute approximate surface area is 235 Å². The molecule has 208 valence electrons. The van der Waals surface area contributed by atoms with Gasteiger partial charge in [-0.1, -0.05) is 39.3 Å². The standard InChI is InChI=1S/C27H33ClN8O.C2H6/c1-27(2)23(31)5-6-24(27)36-25(19(11-30)26(32)35-21-4-3-18(37)9-20(21)28)22-8-17(14-34-22)16-7-15(10-29)12-33-13-16;1-2/h3-4,7-9,11-14,23-24,34,37H,5-6,10,29-31H2,1-2H3,(H2,32,35);1-2H3/b19-11+,36-25?;. The van der Waals surface area contributed by atoms with Gasteiger partial charge in [-0.25, -0.2) is 4.99 Å². The van der Waals surface area contributed by atoms with Crippen LogP contribution in [0.25, 0.3) is 11.1 Å². The third-order valence-corrected chi connectivity index (χ3v) is 7.33. The summed E-state index contributed by atoms with van der Waals surface area (Å²) in [6, 6.07) is 8.42. The Morgan fingerprint density at radius 3 is 2.54 bits per heavy atom. The Balaban J connectivity index is 0.00000205. The number of nitrogens with zero attached hydrogens (tertiary/aromatic N) is 3. The first-order chi connectivity index (χ1) is 18.6. The van der Waals surface area contributed by atoms with Crippen molar-refractivity contribution in [1.29, 1.82) is 0 Å². The number of H-pyrrole nitrogens is 1. The van der Waals surface area contributed by atoms with Gasteiger partial charge < -0.3 is 33.0 Å². The van der Waals surface area contributed by atoms with E-state index < -0.39 is 0 Å². The fraction of sp³-hybridized carbons (Fsp3) is 0.345. The zero-order valence-electron chi connectivity index (χ0n) is 22.9. The third-order valence-electron chi connectivity index (χ3n) is 7.02. The lowest BCUT2D eigenvalue weighted by Crippen LogP contribution is -2.38. The molecule has 0 aliphatic heterocycles. The van der Waals surface area contributed by atoms with Crippen molar-refractivity contribution in [3.8, 4) is 16.9 Å². The summed E-state index contributed by atoms with van der Waals surface area (Å²) >= 11 is 6.27. The number of benzene rings is 1. The molecule has 10 heteroatoms. The highest BCUT2D eigenvalue weighted by Crippen LogP contribution is 2.39. The Morgan fingerprint density at radius 2 is 1.92 bits per heavy atom. The summed E-state index contributed by atoms with van der Waals surface area (Å²) in [6.07, 6.45) is 8.51. The number of aromatic nitrogens is 2. The van der Waals surface area contributed by atoms with Crippen molar-refractivity contribution < 1.29 is 5.11 Å². The maximum Gasteiger partial charge on any atom is 0.135 e. The third kappa shape index (κ3) is 6.68. The van der Waals surface area contributed by atoms with Crippen LogP contribution in [-0.4, -0.2) is 38.7 Å². The van der Waals surface area contributed by atoms with E-state index in [-0.39, 0.29) is 34.1 Å². The molecule has 0 radical (unpaired) electrons. The van der Waals surface area contributed by atoms with E-state index in [0.717, 1.165) is 35.2 Å². The zero-order chi connectivity index (χ0) is 28.7. The fourth-order valence-corrected chi connectivity index (χ4v) is 4.73. The van der Waals surface area contributed by atoms with Crippen molar-refractivity contribution in [3.63, 3.8) is 0 Å². The number of nitrogens with two attached hydrogens (primary N) is 4. The van der Waals surface area contributed by atoms with E-state index >= 15 is 0 Å². The minimum Gasteiger partial charge on any atom is -0.508 e. The van der Waals surface area contributed by atoms with E-state index in [1.807, 2.05) is 32.2 Å². The number of aliphatic imine (C=N–C) groups is 2. The second-order valence-electron chi connectivity index (χ2n) is 9.80. The van der Waals surface area contributed by atoms with E-state index in [2.05, 4.69) is 28.8 Å². The molecule has 0 spiro atoms. The fourth-order valence-electron chi connectivity index (χ4n) is 4.52. The van der Waals surface area contributed by atoms with Gasteiger partial charge in [-0.2, -0.15) is 0 Å². The summed E-state index contributed by atoms with van der Waals surface area (Å²) in [5.41, 5.74) is 29.5. The molecule has 39 heavy (non-hydrogen) atoms. The van der Waals surface area contributed by atoms with Crippen molar-refractivity contribution in [3.05, 3.63) is 77.0 Å². The van der Waals surface area contributed by atoms with Crippen LogP contribution in [-0.2, 0) is 6.54 Å². The molecule has 0 amide bonds. The van der Waals surface area contributed by atoms with E-state index in [4.69, 9.17) is 39.5 Å². The van der Waals surface area contributed by atoms with E-state index in [1.54, 1.807) is 18.5 Å². The lowest BCUT2D eigenvalue weighted by atomic mass is 9.84. The quantitative estimate of drug-likeness (QED) is 0.182. The molecule has 0 saturated heterocycles. The number of amidine groups is 1. The number of nitrogens with one attached hydrogen (secondary N) is 1. The van der Waals surface area contributed by atoms with Gasteiger partial charge in [0.05, 0.1) is 33.7 Å². The van der Waals surface area contributed by atoms with Crippen LogP contribution in [0.4, 0.5) is 5.69 Å². The summed E-state index contributed by atoms with van der Waals surface area (Å²) in [6.45, 7) is 8.65. The molecule has 9 nitrogen and oxygen atoms in total. The highest BCUT2D eigenvalue weighted by molar-refractivity contribution is 6.34. The van der Waals surface area contributed by atoms with Crippen LogP contribution in [0.2, 0.25) is 5.02 Å². The maximum absolute atomic E-state index is 9.68. The number of aromatic amines is 1. The van der Waals surface area contributed by atoms with Gasteiger partial charge in [-0.3, -0.25) is 9.98 Å². The Bertz CT molecular complexity index is 1380. The normalized spacial score (nSPS) is 19.5. The van der Waals surface area contributed by atoms with Crippen LogP contribution in [0.3, 0.4) is 0 Å². The Kier molecular flexibility index (Phi) is 9.91. The summed E-state index contributed by atoms with van der Waals surface area (Å²) in [4.78, 5) is 17.3. The molecular weight excluding hydrogens is 512 g/mol. The largest absolute Gasteiger partial charge is 0.508 e. The van der Waals surface area contributed by atoms with Gasteiger partial charge in [0.25, 0.3) is 0 Å². The van der Waals surface area contributed by atoms with Crippen molar-refractivity contribution in [2.75, 3.05) is 0 Å². The summed E-state index contributed by atoms with van der Waals surface area (Å²) in [5.74, 6) is 0.170. The van der Waals surface area contributed by atoms with Gasteiger partial charge in [0.1, 0.15) is 11.6 Å². The molecule has 4 rings (SSSR count). The van der Waals surface area contributed by atoms with Crippen LogP contribution < -0.4 is 22.9 Å². The number of hydrogen-bond donors (Lipinski definition) is 6. The van der Waals surface area contributed by atoms with Gasteiger partial charge in [0, 0.05) is 60.0 Å². The molecule has 1 aliphatic rings. The number of phenols is 1. The molecule has 3 aromatic rings. The molecule has 1 fully saturated rings. The number of pyridine rings is 1. The van der Waals surface area contributed by atoms with E-state index in [9.17, 15) is 5.11 Å². The predicted octanol–water partition coefficient (Wildman–Crippen LogP) is 4.76. The number of halogens is 1. The molecule has 2 heterocycles. The highest BCUT2D eigenvalue weighted by Gasteiger charge is 2.41. The second kappa shape index (κ2) is 12.9. The van der Waals surface area contributed by atoms with Crippen LogP contribution in [0.5, 0.6) is 5.75 Å². The van der Waals surface area contributed by atoms with Gasteiger partial charge in [-0.15, -0.1) is 0 Å². The monoisotopic (exact) mass is 550 g/mol. The van der Waals surface area contributed by atoms with Crippen molar-refractivity contribution in [2.45, 2.75) is 59.2 Å². The molecule has 2 unspecified atom stereocenters. The minimum atomic E-state index is -0.216. The predicted molar refractivity (Wildman–Crippen MR) is 161 cm³/mol. The van der Waals surface area contributed by atoms with E-state index in [0.29, 0.717) is 23.5 Å². The molecule has 1 aliphatic carbocycles. The highest BCUT2D eigenvalue weighted by atomic mass is 35.5. The first kappa shape index (κ1) is 29.9. The van der Waals surface area contributed by atoms with Crippen molar-refractivity contribution in [1.82, 2.24) is 9.97 Å². The molecule has 2 aromatic heterocycles. The first-order valence-electron chi connectivity index (χ1n) is 13.1. The summed E-state index contributed by atoms with van der Waals surface area (Å²) in [7, 11) is 0. The SMILES string of the molecule is CC.CC1(C)C(N)CCC1N=C(/C(=C\N)C(N)=Nc1ccc(O)cc1Cl)c1cc(-c2cncc(CN)c2)c[nH]1. The van der Waals surface area contributed by atoms with Crippen LogP contribution in [0.1, 0.15) is 51.8 Å². The molecular formula is C29H39ClN8O. The minimum absolute atomic E-state index is 0.0268. The van der Waals surface area contributed by atoms with Crippen LogP contribution in [0.15, 0.2) is 70.7 Å². The average molecular weight is 551 g/mol. The zero-order valence-corrected chi connectivity index (χ0v) is 23.7. The molecule has 10 N–H and O–H groups in total. The van der Waals surface area contributed by atoms with Crippen molar-refractivity contribution >= 4 is 28.8 Å². The lowest BCUT2D eigenvalue weighted by Gasteiger charge is -2.29. The van der Waals surface area contributed by atoms with Gasteiger partial charge in [-0.05, 0) is 42.7 Å². The summed E-state index contributed by atoms with van der Waals surface area (Å²) < 4.78 is 0. The smallest absolute Gasteiger partial charge is 0.135 e.